The van der Waals surface area contributed by atoms with Gasteiger partial charge in [0.05, 0.1) is 0 Å². The van der Waals surface area contributed by atoms with Crippen LogP contribution in [-0.2, 0) is 14.3 Å². The van der Waals surface area contributed by atoms with E-state index in [4.69, 9.17) is 10.5 Å². The molecule has 0 radical (unpaired) electrons. The normalized spacial score (nSPS) is 27.6. The van der Waals surface area contributed by atoms with Gasteiger partial charge >= 0.3 is 0 Å². The highest BCUT2D eigenvalue weighted by Gasteiger charge is 2.32. The zero-order chi connectivity index (χ0) is 14.5. The van der Waals surface area contributed by atoms with Crippen molar-refractivity contribution in [1.82, 2.24) is 10.2 Å². The number of hydrogen-bond donors (Lipinski definition) is 2. The molecule has 1 aliphatic carbocycles. The van der Waals surface area contributed by atoms with Gasteiger partial charge in [0.2, 0.25) is 11.8 Å². The number of nitrogens with two attached hydrogens (primary N) is 1. The molecule has 6 heteroatoms. The second-order valence-corrected chi connectivity index (χ2v) is 5.87. The fourth-order valence-electron chi connectivity index (χ4n) is 3.14. The molecule has 2 atom stereocenters. The van der Waals surface area contributed by atoms with Crippen LogP contribution in [0.5, 0.6) is 0 Å². The summed E-state index contributed by atoms with van der Waals surface area (Å²) in [5.74, 6) is 0.281. The van der Waals surface area contributed by atoms with Gasteiger partial charge in [0.15, 0.2) is 0 Å². The highest BCUT2D eigenvalue weighted by molar-refractivity contribution is 5.79. The Bertz CT molecular complexity index is 354. The van der Waals surface area contributed by atoms with Gasteiger partial charge < -0.3 is 20.7 Å². The lowest BCUT2D eigenvalue weighted by molar-refractivity contribution is -0.136. The second kappa shape index (κ2) is 7.04. The van der Waals surface area contributed by atoms with Crippen LogP contribution in [-0.4, -0.2) is 55.6 Å². The molecule has 2 rings (SSSR count). The van der Waals surface area contributed by atoms with Gasteiger partial charge in [0.1, 0.15) is 6.61 Å². The molecule has 2 fully saturated rings. The van der Waals surface area contributed by atoms with Crippen LogP contribution in [0.15, 0.2) is 0 Å². The van der Waals surface area contributed by atoms with E-state index in [-0.39, 0.29) is 36.4 Å². The van der Waals surface area contributed by atoms with Crippen LogP contribution in [0, 0.1) is 5.92 Å². The third-order valence-electron chi connectivity index (χ3n) is 4.27. The van der Waals surface area contributed by atoms with Crippen molar-refractivity contribution in [2.75, 3.05) is 26.8 Å². The molecule has 1 saturated carbocycles. The molecule has 2 amide bonds. The molecule has 3 N–H and O–H groups in total. The van der Waals surface area contributed by atoms with Crippen molar-refractivity contribution in [3.05, 3.63) is 0 Å². The molecular formula is C14H25N3O3. The zero-order valence-corrected chi connectivity index (χ0v) is 12.1. The Morgan fingerprint density at radius 1 is 1.25 bits per heavy atom. The molecule has 6 nitrogen and oxygen atoms in total. The van der Waals surface area contributed by atoms with Gasteiger partial charge in [-0.3, -0.25) is 9.59 Å². The van der Waals surface area contributed by atoms with Crippen molar-refractivity contribution >= 4 is 11.8 Å². The summed E-state index contributed by atoms with van der Waals surface area (Å²) < 4.78 is 4.79. The number of likely N-dealkylation sites (tertiary alicyclic amines) is 1. The van der Waals surface area contributed by atoms with Crippen LogP contribution in [0.25, 0.3) is 0 Å². The zero-order valence-electron chi connectivity index (χ0n) is 12.1. The Labute approximate surface area is 120 Å². The Balaban J connectivity index is 1.73. The Hall–Kier alpha value is -1.14. The molecule has 0 aromatic heterocycles. The molecule has 1 aliphatic heterocycles. The lowest BCUT2D eigenvalue weighted by Gasteiger charge is -2.34. The average molecular weight is 283 g/mol. The van der Waals surface area contributed by atoms with E-state index in [0.717, 1.165) is 45.2 Å². The third kappa shape index (κ3) is 3.93. The predicted octanol–water partition coefficient (Wildman–Crippen LogP) is -0.133. The third-order valence-corrected chi connectivity index (χ3v) is 4.27. The van der Waals surface area contributed by atoms with Crippen LogP contribution in [0.1, 0.15) is 32.1 Å². The fourth-order valence-corrected chi connectivity index (χ4v) is 3.14. The van der Waals surface area contributed by atoms with Gasteiger partial charge in [0.25, 0.3) is 0 Å². The maximum Gasteiger partial charge on any atom is 0.246 e. The van der Waals surface area contributed by atoms with E-state index in [1.54, 1.807) is 0 Å². The largest absolute Gasteiger partial charge is 0.375 e. The van der Waals surface area contributed by atoms with E-state index in [0.29, 0.717) is 0 Å². The number of nitrogens with one attached hydrogen (secondary N) is 1. The first-order valence-corrected chi connectivity index (χ1v) is 7.42. The molecule has 0 aromatic carbocycles. The number of ether oxygens (including phenoxy) is 1. The lowest BCUT2D eigenvalue weighted by atomic mass is 10.0. The Morgan fingerprint density at radius 3 is 2.50 bits per heavy atom. The number of methoxy groups -OCH3 is 1. The first-order chi connectivity index (χ1) is 9.60. The molecule has 2 aliphatic rings. The summed E-state index contributed by atoms with van der Waals surface area (Å²) >= 11 is 0. The summed E-state index contributed by atoms with van der Waals surface area (Å²) in [6.07, 6.45) is 4.34. The van der Waals surface area contributed by atoms with Crippen LogP contribution >= 0.6 is 0 Å². The fraction of sp³-hybridized carbons (Fsp3) is 0.857. The molecule has 114 valence electrons. The molecule has 20 heavy (non-hydrogen) atoms. The second-order valence-electron chi connectivity index (χ2n) is 5.87. The van der Waals surface area contributed by atoms with Crippen molar-refractivity contribution < 1.29 is 14.3 Å². The molecule has 0 bridgehead atoms. The molecule has 0 aromatic rings. The van der Waals surface area contributed by atoms with Crippen LogP contribution in [0.3, 0.4) is 0 Å². The van der Waals surface area contributed by atoms with E-state index >= 15 is 0 Å². The minimum atomic E-state index is -0.0842. The maximum absolute atomic E-state index is 12.3. The molecule has 1 heterocycles. The topological polar surface area (TPSA) is 84.7 Å². The smallest absolute Gasteiger partial charge is 0.246 e. The minimum Gasteiger partial charge on any atom is -0.375 e. The summed E-state index contributed by atoms with van der Waals surface area (Å²) in [6.45, 7) is 1.55. The Kier molecular flexibility index (Phi) is 5.37. The minimum absolute atomic E-state index is 0.0842. The van der Waals surface area contributed by atoms with Gasteiger partial charge in [-0.05, 0) is 32.1 Å². The van der Waals surface area contributed by atoms with Gasteiger partial charge in [0, 0.05) is 38.2 Å². The molecule has 2 unspecified atom stereocenters. The lowest BCUT2D eigenvalue weighted by Crippen LogP contribution is -2.48. The number of carbonyl (C=O) groups is 2. The standard InChI is InChI=1S/C14H25N3O3/c1-20-9-13(18)16-12-4-6-17(7-5-12)14(19)10-2-3-11(15)8-10/h10-12H,2-9,15H2,1H3,(H,16,18). The van der Waals surface area contributed by atoms with Crippen LogP contribution in [0.2, 0.25) is 0 Å². The SMILES string of the molecule is COCC(=O)NC1CCN(C(=O)C2CCC(N)C2)CC1. The highest BCUT2D eigenvalue weighted by atomic mass is 16.5. The summed E-state index contributed by atoms with van der Waals surface area (Å²) in [7, 11) is 1.51. The summed E-state index contributed by atoms with van der Waals surface area (Å²) in [5, 5.41) is 2.93. The van der Waals surface area contributed by atoms with E-state index in [9.17, 15) is 9.59 Å². The number of hydrogen-bond acceptors (Lipinski definition) is 4. The number of rotatable bonds is 4. The van der Waals surface area contributed by atoms with Crippen molar-refractivity contribution in [2.24, 2.45) is 11.7 Å². The van der Waals surface area contributed by atoms with Gasteiger partial charge in [-0.2, -0.15) is 0 Å². The summed E-state index contributed by atoms with van der Waals surface area (Å²) in [6, 6.07) is 0.349. The van der Waals surface area contributed by atoms with Crippen LogP contribution < -0.4 is 11.1 Å². The van der Waals surface area contributed by atoms with Crippen molar-refractivity contribution in [3.8, 4) is 0 Å². The predicted molar refractivity (Wildman–Crippen MR) is 74.9 cm³/mol. The summed E-state index contributed by atoms with van der Waals surface area (Å²) in [4.78, 5) is 25.7. The molecule has 0 spiro atoms. The number of carbonyl (C=O) groups excluding carboxylic acids is 2. The number of amides is 2. The van der Waals surface area contributed by atoms with Crippen molar-refractivity contribution in [3.63, 3.8) is 0 Å². The first kappa shape index (κ1) is 15.3. The average Bonchev–Trinajstić information content (AvgIpc) is 2.86. The van der Waals surface area contributed by atoms with Crippen molar-refractivity contribution in [2.45, 2.75) is 44.2 Å². The highest BCUT2D eigenvalue weighted by Crippen LogP contribution is 2.27. The van der Waals surface area contributed by atoms with E-state index in [1.165, 1.54) is 7.11 Å². The van der Waals surface area contributed by atoms with E-state index in [1.807, 2.05) is 4.90 Å². The molecular weight excluding hydrogens is 258 g/mol. The van der Waals surface area contributed by atoms with E-state index < -0.39 is 0 Å². The quantitative estimate of drug-likeness (QED) is 0.752. The van der Waals surface area contributed by atoms with E-state index in [2.05, 4.69) is 5.32 Å². The van der Waals surface area contributed by atoms with Crippen LogP contribution in [0.4, 0.5) is 0 Å². The van der Waals surface area contributed by atoms with Gasteiger partial charge in [-0.15, -0.1) is 0 Å². The van der Waals surface area contributed by atoms with Gasteiger partial charge in [-0.25, -0.2) is 0 Å². The van der Waals surface area contributed by atoms with Crippen molar-refractivity contribution in [1.29, 1.82) is 0 Å². The first-order valence-electron chi connectivity index (χ1n) is 7.42. The monoisotopic (exact) mass is 283 g/mol. The Morgan fingerprint density at radius 2 is 1.95 bits per heavy atom. The number of nitrogens with zero attached hydrogens (tertiary/aromatic N) is 1. The molecule has 1 saturated heterocycles. The van der Waals surface area contributed by atoms with Gasteiger partial charge in [-0.1, -0.05) is 0 Å². The summed E-state index contributed by atoms with van der Waals surface area (Å²) in [5.41, 5.74) is 5.87. The number of piperidine rings is 1. The maximum atomic E-state index is 12.3.